The molecular formula is C10H16N2O2. The molecule has 0 amide bonds. The van der Waals surface area contributed by atoms with Gasteiger partial charge in [0.2, 0.25) is 0 Å². The van der Waals surface area contributed by atoms with Crippen molar-refractivity contribution in [1.29, 1.82) is 0 Å². The van der Waals surface area contributed by atoms with Crippen LogP contribution in [0.2, 0.25) is 0 Å². The molecule has 0 spiro atoms. The van der Waals surface area contributed by atoms with E-state index < -0.39 is 5.54 Å². The molecule has 2 unspecified atom stereocenters. The average molecular weight is 196 g/mol. The largest absolute Gasteiger partial charge is 0.394 e. The van der Waals surface area contributed by atoms with Gasteiger partial charge in [-0.25, -0.2) is 0 Å². The number of hydrogen-bond donors (Lipinski definition) is 2. The van der Waals surface area contributed by atoms with Crippen molar-refractivity contribution < 1.29 is 9.63 Å². The van der Waals surface area contributed by atoms with Crippen LogP contribution in [0, 0.1) is 12.8 Å². The smallest absolute Gasteiger partial charge is 0.142 e. The van der Waals surface area contributed by atoms with Gasteiger partial charge in [0.25, 0.3) is 0 Å². The molecule has 0 aromatic carbocycles. The van der Waals surface area contributed by atoms with Crippen LogP contribution in [0.4, 0.5) is 0 Å². The fourth-order valence-electron chi connectivity index (χ4n) is 2.27. The average Bonchev–Trinajstić information content (AvgIpc) is 2.55. The van der Waals surface area contributed by atoms with E-state index in [0.717, 1.165) is 29.9 Å². The molecule has 0 bridgehead atoms. The van der Waals surface area contributed by atoms with Crippen LogP contribution in [0.25, 0.3) is 0 Å². The number of hydrogen-bond acceptors (Lipinski definition) is 4. The maximum atomic E-state index is 9.42. The van der Waals surface area contributed by atoms with Crippen LogP contribution in [0.15, 0.2) is 4.52 Å². The van der Waals surface area contributed by atoms with Crippen molar-refractivity contribution in [3.8, 4) is 0 Å². The lowest BCUT2D eigenvalue weighted by molar-refractivity contribution is 0.128. The molecule has 3 N–H and O–H groups in total. The third kappa shape index (κ3) is 1.11. The second-order valence-corrected chi connectivity index (χ2v) is 4.20. The fourth-order valence-corrected chi connectivity index (χ4v) is 2.27. The Labute approximate surface area is 83.1 Å². The van der Waals surface area contributed by atoms with E-state index in [4.69, 9.17) is 10.3 Å². The first-order valence-corrected chi connectivity index (χ1v) is 4.95. The zero-order valence-electron chi connectivity index (χ0n) is 8.58. The molecule has 14 heavy (non-hydrogen) atoms. The minimum absolute atomic E-state index is 0.0524. The Balaban J connectivity index is 2.55. The molecule has 1 aliphatic carbocycles. The number of nitrogens with zero attached hydrogens (tertiary/aromatic N) is 1. The molecule has 0 saturated carbocycles. The summed E-state index contributed by atoms with van der Waals surface area (Å²) in [5, 5.41) is 13.3. The van der Waals surface area contributed by atoms with Crippen LogP contribution in [0.5, 0.6) is 0 Å². The third-order valence-corrected chi connectivity index (χ3v) is 3.34. The number of aliphatic hydroxyl groups is 1. The first kappa shape index (κ1) is 9.68. The fraction of sp³-hybridized carbons (Fsp3) is 0.700. The highest BCUT2D eigenvalue weighted by Gasteiger charge is 2.42. The van der Waals surface area contributed by atoms with Gasteiger partial charge in [0.05, 0.1) is 17.8 Å². The molecule has 1 aliphatic rings. The number of aryl methyl sites for hydroxylation is 2. The monoisotopic (exact) mass is 196 g/mol. The summed E-state index contributed by atoms with van der Waals surface area (Å²) in [6.45, 7) is 3.88. The predicted octanol–water partition coefficient (Wildman–Crippen LogP) is 0.712. The normalized spacial score (nSPS) is 31.6. The van der Waals surface area contributed by atoms with Crippen molar-refractivity contribution in [2.24, 2.45) is 11.7 Å². The molecule has 0 aliphatic heterocycles. The highest BCUT2D eigenvalue weighted by atomic mass is 16.5. The van der Waals surface area contributed by atoms with Gasteiger partial charge in [-0.2, -0.15) is 0 Å². The number of nitrogens with two attached hydrogens (primary N) is 1. The Hall–Kier alpha value is -0.870. The standard InChI is InChI=1S/C10H16N2O2/c1-6-3-4-8-9(7(2)12-14-8)10(6,11)5-13/h6,13H,3-5,11H2,1-2H3. The lowest BCUT2D eigenvalue weighted by atomic mass is 9.72. The van der Waals surface area contributed by atoms with Gasteiger partial charge in [-0.05, 0) is 19.3 Å². The Morgan fingerprint density at radius 3 is 3.07 bits per heavy atom. The van der Waals surface area contributed by atoms with E-state index >= 15 is 0 Å². The number of fused-ring (bicyclic) bond motifs is 1. The minimum Gasteiger partial charge on any atom is -0.394 e. The van der Waals surface area contributed by atoms with Gasteiger partial charge in [0, 0.05) is 12.0 Å². The van der Waals surface area contributed by atoms with E-state index in [-0.39, 0.29) is 12.5 Å². The molecule has 4 nitrogen and oxygen atoms in total. The summed E-state index contributed by atoms with van der Waals surface area (Å²) in [4.78, 5) is 0. The zero-order chi connectivity index (χ0) is 10.3. The maximum absolute atomic E-state index is 9.42. The first-order chi connectivity index (χ1) is 6.59. The summed E-state index contributed by atoms with van der Waals surface area (Å²) in [5.74, 6) is 1.11. The van der Waals surface area contributed by atoms with Crippen LogP contribution in [0.1, 0.15) is 30.4 Å². The molecule has 1 heterocycles. The van der Waals surface area contributed by atoms with Gasteiger partial charge < -0.3 is 15.4 Å². The second kappa shape index (κ2) is 3.07. The van der Waals surface area contributed by atoms with Gasteiger partial charge in [-0.3, -0.25) is 0 Å². The maximum Gasteiger partial charge on any atom is 0.142 e. The third-order valence-electron chi connectivity index (χ3n) is 3.34. The molecule has 0 saturated heterocycles. The molecule has 0 radical (unpaired) electrons. The van der Waals surface area contributed by atoms with Crippen molar-refractivity contribution in [1.82, 2.24) is 5.16 Å². The summed E-state index contributed by atoms with van der Waals surface area (Å²) >= 11 is 0. The summed E-state index contributed by atoms with van der Waals surface area (Å²) in [5.41, 5.74) is 7.26. The molecule has 2 rings (SSSR count). The Bertz CT molecular complexity index is 348. The van der Waals surface area contributed by atoms with Crippen LogP contribution in [-0.4, -0.2) is 16.9 Å². The molecular weight excluding hydrogens is 180 g/mol. The summed E-state index contributed by atoms with van der Waals surface area (Å²) in [7, 11) is 0. The van der Waals surface area contributed by atoms with Crippen LogP contribution < -0.4 is 5.73 Å². The minimum atomic E-state index is -0.669. The van der Waals surface area contributed by atoms with E-state index in [1.54, 1.807) is 0 Å². The molecule has 78 valence electrons. The Morgan fingerprint density at radius 2 is 2.43 bits per heavy atom. The van der Waals surface area contributed by atoms with Crippen molar-refractivity contribution in [2.75, 3.05) is 6.61 Å². The topological polar surface area (TPSA) is 72.3 Å². The highest BCUT2D eigenvalue weighted by molar-refractivity contribution is 5.34. The van der Waals surface area contributed by atoms with E-state index in [1.165, 1.54) is 0 Å². The Kier molecular flexibility index (Phi) is 2.12. The number of aromatic nitrogens is 1. The number of aliphatic hydroxyl groups excluding tert-OH is 1. The molecule has 4 heteroatoms. The highest BCUT2D eigenvalue weighted by Crippen LogP contribution is 2.38. The van der Waals surface area contributed by atoms with E-state index in [0.29, 0.717) is 0 Å². The second-order valence-electron chi connectivity index (χ2n) is 4.20. The van der Waals surface area contributed by atoms with Crippen LogP contribution >= 0.6 is 0 Å². The lowest BCUT2D eigenvalue weighted by Crippen LogP contribution is -2.49. The van der Waals surface area contributed by atoms with E-state index in [9.17, 15) is 5.11 Å². The summed E-state index contributed by atoms with van der Waals surface area (Å²) in [6.07, 6.45) is 1.81. The van der Waals surface area contributed by atoms with E-state index in [1.807, 2.05) is 6.92 Å². The quantitative estimate of drug-likeness (QED) is 0.694. The summed E-state index contributed by atoms with van der Waals surface area (Å²) in [6, 6.07) is 0. The number of rotatable bonds is 1. The predicted molar refractivity (Wildman–Crippen MR) is 51.7 cm³/mol. The van der Waals surface area contributed by atoms with Crippen LogP contribution in [0.3, 0.4) is 0 Å². The van der Waals surface area contributed by atoms with Gasteiger partial charge in [0.15, 0.2) is 0 Å². The zero-order valence-corrected chi connectivity index (χ0v) is 8.58. The van der Waals surface area contributed by atoms with E-state index in [2.05, 4.69) is 12.1 Å². The van der Waals surface area contributed by atoms with Gasteiger partial charge in [-0.1, -0.05) is 12.1 Å². The van der Waals surface area contributed by atoms with Gasteiger partial charge in [-0.15, -0.1) is 0 Å². The van der Waals surface area contributed by atoms with Gasteiger partial charge in [0.1, 0.15) is 5.76 Å². The van der Waals surface area contributed by atoms with Crippen LogP contribution in [-0.2, 0) is 12.0 Å². The SMILES string of the molecule is Cc1noc2c1C(N)(CO)C(C)CC2. The van der Waals surface area contributed by atoms with Gasteiger partial charge >= 0.3 is 0 Å². The lowest BCUT2D eigenvalue weighted by Gasteiger charge is -2.37. The molecule has 1 aromatic heterocycles. The van der Waals surface area contributed by atoms with Crippen molar-refractivity contribution in [2.45, 2.75) is 32.2 Å². The summed E-state index contributed by atoms with van der Waals surface area (Å²) < 4.78 is 5.19. The first-order valence-electron chi connectivity index (χ1n) is 4.95. The molecule has 0 fully saturated rings. The molecule has 1 aromatic rings. The molecule has 2 atom stereocenters. The van der Waals surface area contributed by atoms with Crippen molar-refractivity contribution in [3.63, 3.8) is 0 Å². The Morgan fingerprint density at radius 1 is 1.71 bits per heavy atom. The van der Waals surface area contributed by atoms with Crippen molar-refractivity contribution >= 4 is 0 Å². The van der Waals surface area contributed by atoms with Crippen molar-refractivity contribution in [3.05, 3.63) is 17.0 Å².